The molecule has 3 nitrogen and oxygen atoms in total. The molecule has 0 aliphatic heterocycles. The highest BCUT2D eigenvalue weighted by Gasteiger charge is 2.32. The minimum atomic E-state index is -4.45. The zero-order valence-electron chi connectivity index (χ0n) is 10.9. The van der Waals surface area contributed by atoms with Crippen molar-refractivity contribution in [2.75, 3.05) is 11.9 Å². The zero-order valence-corrected chi connectivity index (χ0v) is 10.9. The lowest BCUT2D eigenvalue weighted by Gasteiger charge is -2.09. The van der Waals surface area contributed by atoms with E-state index in [-0.39, 0.29) is 5.95 Å². The first kappa shape index (κ1) is 14.3. The van der Waals surface area contributed by atoms with Crippen molar-refractivity contribution in [1.82, 2.24) is 9.97 Å². The lowest BCUT2D eigenvalue weighted by molar-refractivity contribution is -0.141. The molecule has 0 saturated heterocycles. The summed E-state index contributed by atoms with van der Waals surface area (Å²) in [5.74, 6) is -0.00610. The summed E-state index contributed by atoms with van der Waals surface area (Å²) in [5, 5.41) is 2.81. The highest BCUT2D eigenvalue weighted by atomic mass is 19.4. The van der Waals surface area contributed by atoms with Gasteiger partial charge in [-0.05, 0) is 30.5 Å². The van der Waals surface area contributed by atoms with Crippen LogP contribution in [0.1, 0.15) is 16.8 Å². The molecule has 2 rings (SSSR count). The third-order valence-corrected chi connectivity index (χ3v) is 2.88. The molecule has 0 amide bonds. The van der Waals surface area contributed by atoms with Gasteiger partial charge in [0.1, 0.15) is 5.69 Å². The molecule has 1 aromatic heterocycles. The first-order valence-electron chi connectivity index (χ1n) is 6.15. The number of hydrogen-bond donors (Lipinski definition) is 1. The average Bonchev–Trinajstić information content (AvgIpc) is 2.40. The molecule has 0 atom stereocenters. The van der Waals surface area contributed by atoms with Crippen LogP contribution >= 0.6 is 0 Å². The van der Waals surface area contributed by atoms with Crippen molar-refractivity contribution in [3.63, 3.8) is 0 Å². The molecule has 20 heavy (non-hydrogen) atoms. The maximum atomic E-state index is 12.5. The summed E-state index contributed by atoms with van der Waals surface area (Å²) in [6.45, 7) is 2.47. The van der Waals surface area contributed by atoms with Crippen LogP contribution in [-0.4, -0.2) is 16.5 Å². The molecule has 0 spiro atoms. The van der Waals surface area contributed by atoms with Gasteiger partial charge in [0.15, 0.2) is 0 Å². The number of alkyl halides is 3. The Morgan fingerprint density at radius 3 is 2.60 bits per heavy atom. The second-order valence-corrected chi connectivity index (χ2v) is 4.37. The van der Waals surface area contributed by atoms with E-state index >= 15 is 0 Å². The number of aromatic nitrogens is 2. The maximum Gasteiger partial charge on any atom is 0.433 e. The number of rotatable bonds is 4. The average molecular weight is 281 g/mol. The molecule has 0 fully saturated rings. The van der Waals surface area contributed by atoms with Gasteiger partial charge in [0.2, 0.25) is 5.95 Å². The second kappa shape index (κ2) is 5.90. The SMILES string of the molecule is Cc1ccccc1CCNc1nccc(C(F)(F)F)n1. The number of anilines is 1. The summed E-state index contributed by atoms with van der Waals surface area (Å²) in [5.41, 5.74) is 1.36. The van der Waals surface area contributed by atoms with Gasteiger partial charge in [0.25, 0.3) is 0 Å². The molecule has 0 aliphatic rings. The van der Waals surface area contributed by atoms with E-state index in [1.807, 2.05) is 31.2 Å². The number of benzene rings is 1. The Labute approximate surface area is 114 Å². The van der Waals surface area contributed by atoms with Crippen molar-refractivity contribution in [3.8, 4) is 0 Å². The molecule has 0 radical (unpaired) electrons. The predicted octanol–water partition coefficient (Wildman–Crippen LogP) is 3.46. The fraction of sp³-hybridized carbons (Fsp3) is 0.286. The molecule has 0 unspecified atom stereocenters. The lowest BCUT2D eigenvalue weighted by atomic mass is 10.1. The van der Waals surface area contributed by atoms with E-state index in [4.69, 9.17) is 0 Å². The molecular weight excluding hydrogens is 267 g/mol. The molecule has 1 aromatic carbocycles. The lowest BCUT2D eigenvalue weighted by Crippen LogP contribution is -2.13. The van der Waals surface area contributed by atoms with E-state index in [1.165, 1.54) is 0 Å². The summed E-state index contributed by atoms with van der Waals surface area (Å²) < 4.78 is 37.5. The summed E-state index contributed by atoms with van der Waals surface area (Å²) in [6, 6.07) is 8.72. The Morgan fingerprint density at radius 1 is 1.15 bits per heavy atom. The normalized spacial score (nSPS) is 11.4. The van der Waals surface area contributed by atoms with Gasteiger partial charge in [-0.2, -0.15) is 13.2 Å². The van der Waals surface area contributed by atoms with Crippen molar-refractivity contribution >= 4 is 5.95 Å². The quantitative estimate of drug-likeness (QED) is 0.932. The predicted molar refractivity (Wildman–Crippen MR) is 70.4 cm³/mol. The van der Waals surface area contributed by atoms with Gasteiger partial charge in [0.05, 0.1) is 0 Å². The van der Waals surface area contributed by atoms with Gasteiger partial charge in [-0.15, -0.1) is 0 Å². The molecule has 2 aromatic rings. The smallest absolute Gasteiger partial charge is 0.354 e. The Kier molecular flexibility index (Phi) is 4.22. The molecule has 1 heterocycles. The maximum absolute atomic E-state index is 12.5. The van der Waals surface area contributed by atoms with Crippen molar-refractivity contribution < 1.29 is 13.2 Å². The molecule has 0 saturated carbocycles. The Balaban J connectivity index is 1.97. The number of aryl methyl sites for hydroxylation is 1. The Bertz CT molecular complexity index is 582. The molecular formula is C14H14F3N3. The van der Waals surface area contributed by atoms with Crippen LogP contribution in [0.15, 0.2) is 36.5 Å². The van der Waals surface area contributed by atoms with Gasteiger partial charge in [0, 0.05) is 12.7 Å². The Hall–Kier alpha value is -2.11. The minimum Gasteiger partial charge on any atom is -0.354 e. The second-order valence-electron chi connectivity index (χ2n) is 4.37. The monoisotopic (exact) mass is 281 g/mol. The molecule has 0 bridgehead atoms. The van der Waals surface area contributed by atoms with Crippen molar-refractivity contribution in [1.29, 1.82) is 0 Å². The van der Waals surface area contributed by atoms with Crippen LogP contribution in [0, 0.1) is 6.92 Å². The van der Waals surface area contributed by atoms with Gasteiger partial charge in [-0.1, -0.05) is 24.3 Å². The van der Waals surface area contributed by atoms with E-state index in [0.29, 0.717) is 13.0 Å². The topological polar surface area (TPSA) is 37.8 Å². The van der Waals surface area contributed by atoms with E-state index < -0.39 is 11.9 Å². The first-order chi connectivity index (χ1) is 9.47. The van der Waals surface area contributed by atoms with Crippen LogP contribution in [0.5, 0.6) is 0 Å². The number of hydrogen-bond acceptors (Lipinski definition) is 3. The van der Waals surface area contributed by atoms with Crippen LogP contribution in [0.2, 0.25) is 0 Å². The van der Waals surface area contributed by atoms with E-state index in [1.54, 1.807) is 0 Å². The number of nitrogens with zero attached hydrogens (tertiary/aromatic N) is 2. The van der Waals surface area contributed by atoms with Gasteiger partial charge in [-0.25, -0.2) is 9.97 Å². The van der Waals surface area contributed by atoms with Crippen LogP contribution in [0.4, 0.5) is 19.1 Å². The van der Waals surface area contributed by atoms with Crippen molar-refractivity contribution in [2.45, 2.75) is 19.5 Å². The molecule has 6 heteroatoms. The molecule has 1 N–H and O–H groups in total. The van der Waals surface area contributed by atoms with Crippen molar-refractivity contribution in [2.24, 2.45) is 0 Å². The fourth-order valence-electron chi connectivity index (χ4n) is 1.80. The van der Waals surface area contributed by atoms with Gasteiger partial charge < -0.3 is 5.32 Å². The third kappa shape index (κ3) is 3.69. The summed E-state index contributed by atoms with van der Waals surface area (Å²) in [6.07, 6.45) is -2.65. The summed E-state index contributed by atoms with van der Waals surface area (Å²) in [7, 11) is 0. The van der Waals surface area contributed by atoms with Crippen molar-refractivity contribution in [3.05, 3.63) is 53.3 Å². The zero-order chi connectivity index (χ0) is 14.6. The van der Waals surface area contributed by atoms with Gasteiger partial charge in [-0.3, -0.25) is 0 Å². The number of halogens is 3. The minimum absolute atomic E-state index is 0.00610. The van der Waals surface area contributed by atoms with Crippen LogP contribution in [-0.2, 0) is 12.6 Å². The third-order valence-electron chi connectivity index (χ3n) is 2.88. The fourth-order valence-corrected chi connectivity index (χ4v) is 1.80. The van der Waals surface area contributed by atoms with E-state index in [0.717, 1.165) is 23.4 Å². The molecule has 106 valence electrons. The highest BCUT2D eigenvalue weighted by Crippen LogP contribution is 2.27. The number of nitrogens with one attached hydrogen (secondary N) is 1. The van der Waals surface area contributed by atoms with E-state index in [9.17, 15) is 13.2 Å². The standard InChI is InChI=1S/C14H14F3N3/c1-10-4-2-3-5-11(10)6-8-18-13-19-9-7-12(20-13)14(15,16)17/h2-5,7,9H,6,8H2,1H3,(H,18,19,20). The van der Waals surface area contributed by atoms with Crippen LogP contribution < -0.4 is 5.32 Å². The van der Waals surface area contributed by atoms with Gasteiger partial charge >= 0.3 is 6.18 Å². The summed E-state index contributed by atoms with van der Waals surface area (Å²) in [4.78, 5) is 7.23. The highest BCUT2D eigenvalue weighted by molar-refractivity contribution is 5.29. The first-order valence-corrected chi connectivity index (χ1v) is 6.15. The van der Waals surface area contributed by atoms with E-state index in [2.05, 4.69) is 15.3 Å². The Morgan fingerprint density at radius 2 is 1.90 bits per heavy atom. The van der Waals surface area contributed by atoms with Crippen LogP contribution in [0.3, 0.4) is 0 Å². The van der Waals surface area contributed by atoms with Crippen LogP contribution in [0.25, 0.3) is 0 Å². The largest absolute Gasteiger partial charge is 0.433 e. The summed E-state index contributed by atoms with van der Waals surface area (Å²) >= 11 is 0. The molecule has 0 aliphatic carbocycles.